The van der Waals surface area contributed by atoms with Crippen LogP contribution in [0.1, 0.15) is 26.3 Å². The second kappa shape index (κ2) is 7.48. The van der Waals surface area contributed by atoms with Crippen LogP contribution >= 0.6 is 0 Å². The molecule has 0 spiro atoms. The first kappa shape index (κ1) is 17.2. The molecular weight excluding hydrogens is 330 g/mol. The first-order valence-electron chi connectivity index (χ1n) is 7.95. The summed E-state index contributed by atoms with van der Waals surface area (Å²) in [6.45, 7) is 0.309. The fraction of sp³-hybridized carbons (Fsp3) is 0.0500. The highest BCUT2D eigenvalue weighted by Gasteiger charge is 2.15. The molecule has 2 amide bonds. The molecule has 0 aliphatic rings. The van der Waals surface area contributed by atoms with E-state index in [1.54, 1.807) is 60.9 Å². The minimum absolute atomic E-state index is 0.122. The van der Waals surface area contributed by atoms with E-state index in [0.29, 0.717) is 23.2 Å². The van der Waals surface area contributed by atoms with Gasteiger partial charge in [-0.1, -0.05) is 30.3 Å². The summed E-state index contributed by atoms with van der Waals surface area (Å²) >= 11 is 0. The second-order valence-corrected chi connectivity index (χ2v) is 5.69. The molecule has 4 N–H and O–H groups in total. The molecule has 2 aromatic carbocycles. The SMILES string of the molecule is NC(=O)c1ccc(-c2cccc(C(=O)NCc3cccnc3)c2O)cc1. The van der Waals surface area contributed by atoms with E-state index in [4.69, 9.17) is 5.73 Å². The van der Waals surface area contributed by atoms with Crippen LogP contribution in [0.2, 0.25) is 0 Å². The zero-order valence-corrected chi connectivity index (χ0v) is 13.8. The number of hydrogen-bond acceptors (Lipinski definition) is 4. The van der Waals surface area contributed by atoms with Gasteiger partial charge in [0.1, 0.15) is 5.75 Å². The van der Waals surface area contributed by atoms with Gasteiger partial charge in [0.2, 0.25) is 5.91 Å². The summed E-state index contributed by atoms with van der Waals surface area (Å²) < 4.78 is 0. The number of nitrogens with one attached hydrogen (secondary N) is 1. The van der Waals surface area contributed by atoms with Crippen molar-refractivity contribution < 1.29 is 14.7 Å². The lowest BCUT2D eigenvalue weighted by Crippen LogP contribution is -2.23. The first-order valence-corrected chi connectivity index (χ1v) is 7.95. The molecule has 1 aromatic heterocycles. The van der Waals surface area contributed by atoms with Gasteiger partial charge in [0, 0.05) is 30.1 Å². The van der Waals surface area contributed by atoms with E-state index in [1.165, 1.54) is 0 Å². The maximum Gasteiger partial charge on any atom is 0.255 e. The number of hydrogen-bond donors (Lipinski definition) is 3. The van der Waals surface area contributed by atoms with E-state index in [2.05, 4.69) is 10.3 Å². The van der Waals surface area contributed by atoms with Crippen molar-refractivity contribution in [1.29, 1.82) is 0 Å². The van der Waals surface area contributed by atoms with Gasteiger partial charge < -0.3 is 16.2 Å². The van der Waals surface area contributed by atoms with E-state index in [9.17, 15) is 14.7 Å². The molecule has 0 fully saturated rings. The molecule has 6 heteroatoms. The molecule has 0 aliphatic heterocycles. The van der Waals surface area contributed by atoms with Gasteiger partial charge >= 0.3 is 0 Å². The molecule has 0 radical (unpaired) electrons. The number of primary amides is 1. The van der Waals surface area contributed by atoms with Gasteiger partial charge in [0.05, 0.1) is 5.56 Å². The molecule has 0 aliphatic carbocycles. The minimum Gasteiger partial charge on any atom is -0.506 e. The summed E-state index contributed by atoms with van der Waals surface area (Å²) in [5.41, 5.74) is 7.81. The molecule has 3 aromatic rings. The number of nitrogens with two attached hydrogens (primary N) is 1. The van der Waals surface area contributed by atoms with E-state index in [0.717, 1.165) is 5.56 Å². The number of pyridine rings is 1. The van der Waals surface area contributed by atoms with Crippen LogP contribution in [0.5, 0.6) is 5.75 Å². The van der Waals surface area contributed by atoms with Crippen molar-refractivity contribution in [2.45, 2.75) is 6.54 Å². The lowest BCUT2D eigenvalue weighted by Gasteiger charge is -2.11. The standard InChI is InChI=1S/C20H17N3O3/c21-19(25)15-8-6-14(7-9-15)16-4-1-5-17(18(16)24)20(26)23-12-13-3-2-10-22-11-13/h1-11,24H,12H2,(H2,21,25)(H,23,26). The van der Waals surface area contributed by atoms with Crippen molar-refractivity contribution >= 4 is 11.8 Å². The van der Waals surface area contributed by atoms with Gasteiger partial charge in [-0.15, -0.1) is 0 Å². The topological polar surface area (TPSA) is 105 Å². The number of carbonyl (C=O) groups is 2. The maximum atomic E-state index is 12.4. The van der Waals surface area contributed by atoms with Gasteiger partial charge in [-0.3, -0.25) is 14.6 Å². The van der Waals surface area contributed by atoms with Crippen LogP contribution in [-0.4, -0.2) is 21.9 Å². The van der Waals surface area contributed by atoms with Crippen molar-refractivity contribution in [3.63, 3.8) is 0 Å². The lowest BCUT2D eigenvalue weighted by atomic mass is 9.99. The number of amides is 2. The molecule has 6 nitrogen and oxygen atoms in total. The highest BCUT2D eigenvalue weighted by molar-refractivity contribution is 5.99. The smallest absolute Gasteiger partial charge is 0.255 e. The van der Waals surface area contributed by atoms with Crippen LogP contribution in [-0.2, 0) is 6.54 Å². The number of nitrogens with zero attached hydrogens (tertiary/aromatic N) is 1. The Morgan fingerprint density at radius 3 is 2.46 bits per heavy atom. The Kier molecular flexibility index (Phi) is 4.94. The lowest BCUT2D eigenvalue weighted by molar-refractivity contribution is 0.0947. The quantitative estimate of drug-likeness (QED) is 0.659. The molecule has 26 heavy (non-hydrogen) atoms. The van der Waals surface area contributed by atoms with Crippen molar-refractivity contribution in [3.05, 3.63) is 83.7 Å². The molecule has 3 rings (SSSR count). The predicted molar refractivity (Wildman–Crippen MR) is 97.5 cm³/mol. The average Bonchev–Trinajstić information content (AvgIpc) is 2.67. The Morgan fingerprint density at radius 1 is 1.04 bits per heavy atom. The molecular formula is C20H17N3O3. The molecule has 0 saturated carbocycles. The minimum atomic E-state index is -0.524. The van der Waals surface area contributed by atoms with Gasteiger partial charge in [-0.2, -0.15) is 0 Å². The zero-order chi connectivity index (χ0) is 18.5. The molecule has 130 valence electrons. The number of rotatable bonds is 5. The highest BCUT2D eigenvalue weighted by atomic mass is 16.3. The second-order valence-electron chi connectivity index (χ2n) is 5.69. The van der Waals surface area contributed by atoms with Crippen molar-refractivity contribution in [3.8, 4) is 16.9 Å². The Bertz CT molecular complexity index is 938. The largest absolute Gasteiger partial charge is 0.506 e. The number of phenols is 1. The fourth-order valence-electron chi connectivity index (χ4n) is 2.55. The summed E-state index contributed by atoms with van der Waals surface area (Å²) in [5.74, 6) is -1.03. The molecule has 0 unspecified atom stereocenters. The summed E-state index contributed by atoms with van der Waals surface area (Å²) in [6.07, 6.45) is 3.32. The molecule has 1 heterocycles. The molecule has 0 saturated heterocycles. The predicted octanol–water partition coefficient (Wildman–Crippen LogP) is 2.48. The third-order valence-electron chi connectivity index (χ3n) is 3.94. The first-order chi connectivity index (χ1) is 12.6. The summed E-state index contributed by atoms with van der Waals surface area (Å²) in [6, 6.07) is 15.1. The van der Waals surface area contributed by atoms with Crippen LogP contribution < -0.4 is 11.1 Å². The highest BCUT2D eigenvalue weighted by Crippen LogP contribution is 2.32. The van der Waals surface area contributed by atoms with Crippen LogP contribution in [0, 0.1) is 0 Å². The summed E-state index contributed by atoms with van der Waals surface area (Å²) in [4.78, 5) is 27.6. The van der Waals surface area contributed by atoms with Crippen LogP contribution in [0.25, 0.3) is 11.1 Å². The zero-order valence-electron chi connectivity index (χ0n) is 13.8. The average molecular weight is 347 g/mol. The number of aromatic nitrogens is 1. The summed E-state index contributed by atoms with van der Waals surface area (Å²) in [7, 11) is 0. The Morgan fingerprint density at radius 2 is 1.81 bits per heavy atom. The Hall–Kier alpha value is -3.67. The number of phenolic OH excluding ortho intramolecular Hbond substituents is 1. The normalized spacial score (nSPS) is 10.3. The van der Waals surface area contributed by atoms with Gasteiger partial charge in [0.25, 0.3) is 5.91 Å². The number of benzene rings is 2. The monoisotopic (exact) mass is 347 g/mol. The Balaban J connectivity index is 1.82. The Labute approximate surface area is 150 Å². The van der Waals surface area contributed by atoms with Crippen LogP contribution in [0.4, 0.5) is 0 Å². The van der Waals surface area contributed by atoms with Gasteiger partial charge in [-0.05, 0) is 35.4 Å². The maximum absolute atomic E-state index is 12.4. The van der Waals surface area contributed by atoms with Crippen LogP contribution in [0.3, 0.4) is 0 Å². The summed E-state index contributed by atoms with van der Waals surface area (Å²) in [5, 5.41) is 13.3. The van der Waals surface area contributed by atoms with Crippen molar-refractivity contribution in [2.24, 2.45) is 5.73 Å². The third kappa shape index (κ3) is 3.70. The van der Waals surface area contributed by atoms with E-state index in [-0.39, 0.29) is 17.2 Å². The van der Waals surface area contributed by atoms with E-state index >= 15 is 0 Å². The van der Waals surface area contributed by atoms with Gasteiger partial charge in [0.15, 0.2) is 0 Å². The molecule has 0 atom stereocenters. The molecule has 0 bridgehead atoms. The number of para-hydroxylation sites is 1. The van der Waals surface area contributed by atoms with Gasteiger partial charge in [-0.25, -0.2) is 0 Å². The third-order valence-corrected chi connectivity index (χ3v) is 3.94. The van der Waals surface area contributed by atoms with E-state index in [1.807, 2.05) is 6.07 Å². The fourth-order valence-corrected chi connectivity index (χ4v) is 2.55. The van der Waals surface area contributed by atoms with Crippen molar-refractivity contribution in [1.82, 2.24) is 10.3 Å². The van der Waals surface area contributed by atoms with E-state index < -0.39 is 5.91 Å². The van der Waals surface area contributed by atoms with Crippen LogP contribution in [0.15, 0.2) is 67.0 Å². The number of carbonyl (C=O) groups excluding carboxylic acids is 2. The van der Waals surface area contributed by atoms with Crippen molar-refractivity contribution in [2.75, 3.05) is 0 Å². The number of aromatic hydroxyl groups is 1.